The summed E-state index contributed by atoms with van der Waals surface area (Å²) in [5, 5.41) is 0. The first-order chi connectivity index (χ1) is 13.6. The molecule has 2 unspecified atom stereocenters. The number of amides is 2. The maximum absolute atomic E-state index is 13.3. The van der Waals surface area contributed by atoms with Crippen molar-refractivity contribution in [3.8, 4) is 0 Å². The fourth-order valence-electron chi connectivity index (χ4n) is 4.49. The van der Waals surface area contributed by atoms with E-state index >= 15 is 0 Å². The molecule has 3 aliphatic rings. The summed E-state index contributed by atoms with van der Waals surface area (Å²) >= 11 is 0. The predicted molar refractivity (Wildman–Crippen MR) is 100 cm³/mol. The van der Waals surface area contributed by atoms with Gasteiger partial charge in [-0.1, -0.05) is 0 Å². The van der Waals surface area contributed by atoms with Crippen molar-refractivity contribution < 1.29 is 23.5 Å². The lowest BCUT2D eigenvalue weighted by Crippen LogP contribution is -2.54. The Labute approximate surface area is 164 Å². The van der Waals surface area contributed by atoms with Gasteiger partial charge >= 0.3 is 0 Å². The summed E-state index contributed by atoms with van der Waals surface area (Å²) in [6.45, 7) is 2.90. The number of hydrogen-bond acceptors (Lipinski definition) is 4. The Hall–Kier alpha value is -1.99. The van der Waals surface area contributed by atoms with Crippen molar-refractivity contribution in [2.45, 2.75) is 44.4 Å². The van der Waals surface area contributed by atoms with Crippen molar-refractivity contribution in [3.05, 3.63) is 35.6 Å². The van der Waals surface area contributed by atoms with Gasteiger partial charge in [-0.15, -0.1) is 0 Å². The van der Waals surface area contributed by atoms with E-state index in [4.69, 9.17) is 9.47 Å². The summed E-state index contributed by atoms with van der Waals surface area (Å²) in [6.07, 6.45) is 4.18. The van der Waals surface area contributed by atoms with Crippen LogP contribution >= 0.6 is 0 Å². The molecule has 0 bridgehead atoms. The minimum Gasteiger partial charge on any atom is -0.348 e. The average Bonchev–Trinajstić information content (AvgIpc) is 3.28. The van der Waals surface area contributed by atoms with Gasteiger partial charge in [0.2, 0.25) is 5.91 Å². The van der Waals surface area contributed by atoms with Crippen molar-refractivity contribution in [1.82, 2.24) is 9.80 Å². The third-order valence-corrected chi connectivity index (χ3v) is 5.94. The van der Waals surface area contributed by atoms with E-state index in [1.807, 2.05) is 4.90 Å². The van der Waals surface area contributed by atoms with E-state index in [1.165, 1.54) is 24.3 Å². The van der Waals surface area contributed by atoms with Crippen LogP contribution in [0.4, 0.5) is 4.39 Å². The van der Waals surface area contributed by atoms with Crippen LogP contribution in [0, 0.1) is 11.7 Å². The summed E-state index contributed by atoms with van der Waals surface area (Å²) < 4.78 is 24.5. The number of halogens is 1. The van der Waals surface area contributed by atoms with Gasteiger partial charge in [0.1, 0.15) is 5.82 Å². The van der Waals surface area contributed by atoms with Gasteiger partial charge < -0.3 is 19.3 Å². The number of carbonyl (C=O) groups excluding carboxylic acids is 2. The Balaban J connectivity index is 1.43. The van der Waals surface area contributed by atoms with E-state index in [2.05, 4.69) is 0 Å². The molecule has 1 aromatic carbocycles. The Morgan fingerprint density at radius 1 is 0.964 bits per heavy atom. The van der Waals surface area contributed by atoms with Gasteiger partial charge in [-0.25, -0.2) is 4.39 Å². The Bertz CT molecular complexity index is 705. The molecule has 7 heteroatoms. The van der Waals surface area contributed by atoms with Crippen LogP contribution in [0.3, 0.4) is 0 Å². The maximum atomic E-state index is 13.3. The Morgan fingerprint density at radius 2 is 1.71 bits per heavy atom. The van der Waals surface area contributed by atoms with Crippen molar-refractivity contribution in [2.75, 3.05) is 32.8 Å². The molecule has 2 amide bonds. The number of rotatable bonds is 3. The minimum absolute atomic E-state index is 0.0353. The van der Waals surface area contributed by atoms with E-state index in [0.29, 0.717) is 31.9 Å². The van der Waals surface area contributed by atoms with Crippen LogP contribution in [0.2, 0.25) is 0 Å². The smallest absolute Gasteiger partial charge is 0.253 e. The number of likely N-dealkylation sites (tertiary alicyclic amines) is 2. The fraction of sp³-hybridized carbons (Fsp3) is 0.619. The summed E-state index contributed by atoms with van der Waals surface area (Å²) in [5.74, 6) is -0.619. The van der Waals surface area contributed by atoms with Crippen LogP contribution in [0.1, 0.15) is 42.5 Å². The van der Waals surface area contributed by atoms with E-state index in [9.17, 15) is 14.0 Å². The molecule has 0 spiro atoms. The quantitative estimate of drug-likeness (QED) is 0.796. The molecule has 3 saturated heterocycles. The number of benzene rings is 1. The maximum Gasteiger partial charge on any atom is 0.253 e. The second-order valence-electron chi connectivity index (χ2n) is 7.80. The molecule has 2 atom stereocenters. The van der Waals surface area contributed by atoms with Gasteiger partial charge in [-0.3, -0.25) is 9.59 Å². The SMILES string of the molecule is O=C(c1ccc(F)cc1)N1CCCC(C(=O)N2CCCCC2C2OCCO2)C1. The Kier molecular flexibility index (Phi) is 5.92. The van der Waals surface area contributed by atoms with Gasteiger partial charge in [-0.05, 0) is 56.4 Å². The van der Waals surface area contributed by atoms with Crippen LogP contribution in [0.25, 0.3) is 0 Å². The lowest BCUT2D eigenvalue weighted by molar-refractivity contribution is -0.155. The normalized spacial score (nSPS) is 26.5. The zero-order valence-electron chi connectivity index (χ0n) is 16.0. The highest BCUT2D eigenvalue weighted by Crippen LogP contribution is 2.28. The third kappa shape index (κ3) is 4.05. The highest BCUT2D eigenvalue weighted by atomic mass is 19.1. The summed E-state index contributed by atoms with van der Waals surface area (Å²) in [7, 11) is 0. The largest absolute Gasteiger partial charge is 0.348 e. The summed E-state index contributed by atoms with van der Waals surface area (Å²) in [5.41, 5.74) is 0.457. The zero-order valence-corrected chi connectivity index (χ0v) is 16.0. The number of ether oxygens (including phenoxy) is 2. The highest BCUT2D eigenvalue weighted by Gasteiger charge is 2.40. The molecule has 3 heterocycles. The lowest BCUT2D eigenvalue weighted by Gasteiger charge is -2.41. The topological polar surface area (TPSA) is 59.1 Å². The van der Waals surface area contributed by atoms with Crippen molar-refractivity contribution in [3.63, 3.8) is 0 Å². The third-order valence-electron chi connectivity index (χ3n) is 5.94. The molecule has 0 saturated carbocycles. The summed E-state index contributed by atoms with van der Waals surface area (Å²) in [4.78, 5) is 29.7. The Morgan fingerprint density at radius 3 is 2.46 bits per heavy atom. The molecule has 0 N–H and O–H groups in total. The molecule has 6 nitrogen and oxygen atoms in total. The van der Waals surface area contributed by atoms with Gasteiger partial charge in [-0.2, -0.15) is 0 Å². The second kappa shape index (κ2) is 8.57. The van der Waals surface area contributed by atoms with E-state index in [-0.39, 0.29) is 35.9 Å². The van der Waals surface area contributed by atoms with E-state index in [0.717, 1.165) is 38.6 Å². The van der Waals surface area contributed by atoms with Gasteiger partial charge in [0, 0.05) is 25.2 Å². The first kappa shape index (κ1) is 19.3. The molecule has 3 fully saturated rings. The van der Waals surface area contributed by atoms with Crippen LogP contribution < -0.4 is 0 Å². The first-order valence-electron chi connectivity index (χ1n) is 10.2. The molecule has 3 aliphatic heterocycles. The highest BCUT2D eigenvalue weighted by molar-refractivity contribution is 5.94. The van der Waals surface area contributed by atoms with Crippen molar-refractivity contribution >= 4 is 11.8 Å². The van der Waals surface area contributed by atoms with E-state index in [1.54, 1.807) is 4.90 Å². The van der Waals surface area contributed by atoms with Crippen molar-refractivity contribution in [2.24, 2.45) is 5.92 Å². The monoisotopic (exact) mass is 390 g/mol. The molecular formula is C21H27FN2O4. The van der Waals surface area contributed by atoms with Crippen LogP contribution in [0.15, 0.2) is 24.3 Å². The molecule has 4 rings (SSSR count). The molecule has 1 aromatic rings. The minimum atomic E-state index is -0.365. The molecule has 152 valence electrons. The number of piperidine rings is 2. The number of nitrogens with zero attached hydrogens (tertiary/aromatic N) is 2. The fourth-order valence-corrected chi connectivity index (χ4v) is 4.49. The summed E-state index contributed by atoms with van der Waals surface area (Å²) in [6, 6.07) is 5.54. The molecule has 28 heavy (non-hydrogen) atoms. The van der Waals surface area contributed by atoms with Gasteiger partial charge in [0.15, 0.2) is 6.29 Å². The molecule has 0 aliphatic carbocycles. The number of carbonyl (C=O) groups is 2. The van der Waals surface area contributed by atoms with Crippen molar-refractivity contribution in [1.29, 1.82) is 0 Å². The van der Waals surface area contributed by atoms with Gasteiger partial charge in [0.05, 0.1) is 25.2 Å². The second-order valence-corrected chi connectivity index (χ2v) is 7.80. The zero-order chi connectivity index (χ0) is 19.5. The predicted octanol–water partition coefficient (Wildman–Crippen LogP) is 2.43. The molecular weight excluding hydrogens is 363 g/mol. The standard InChI is InChI=1S/C21H27FN2O4/c22-17-8-6-15(7-9-17)19(25)23-10-3-4-16(14-23)20(26)24-11-2-1-5-18(24)21-27-12-13-28-21/h6-9,16,18,21H,1-5,10-14H2. The van der Waals surface area contributed by atoms with E-state index < -0.39 is 0 Å². The average molecular weight is 390 g/mol. The lowest BCUT2D eigenvalue weighted by atomic mass is 9.93. The van der Waals surface area contributed by atoms with Crippen LogP contribution in [0.5, 0.6) is 0 Å². The first-order valence-corrected chi connectivity index (χ1v) is 10.2. The molecule has 0 aromatic heterocycles. The van der Waals surface area contributed by atoms with Crippen LogP contribution in [-0.2, 0) is 14.3 Å². The van der Waals surface area contributed by atoms with Crippen LogP contribution in [-0.4, -0.2) is 66.8 Å². The number of hydrogen-bond donors (Lipinski definition) is 0. The molecule has 0 radical (unpaired) electrons. The van der Waals surface area contributed by atoms with Gasteiger partial charge in [0.25, 0.3) is 5.91 Å².